The lowest BCUT2D eigenvalue weighted by Gasteiger charge is -2.07. The minimum absolute atomic E-state index is 0.162. The van der Waals surface area contributed by atoms with Crippen molar-refractivity contribution in [1.29, 1.82) is 0 Å². The molecular weight excluding hydrogens is 223 g/mol. The summed E-state index contributed by atoms with van der Waals surface area (Å²) in [6.07, 6.45) is -4.50. The molecule has 0 bridgehead atoms. The highest BCUT2D eigenvalue weighted by Gasteiger charge is 2.31. The summed E-state index contributed by atoms with van der Waals surface area (Å²) >= 11 is 0. The van der Waals surface area contributed by atoms with Gasteiger partial charge >= 0.3 is 6.18 Å². The molecule has 1 N–H and O–H groups in total. The van der Waals surface area contributed by atoms with E-state index in [1.807, 2.05) is 0 Å². The van der Waals surface area contributed by atoms with Crippen molar-refractivity contribution >= 4 is 11.5 Å². The fourth-order valence-corrected chi connectivity index (χ4v) is 1.09. The van der Waals surface area contributed by atoms with Crippen LogP contribution in [-0.2, 0) is 6.18 Å². The number of hydrogen-bond acceptors (Lipinski definition) is 3. The second-order valence-electron chi connectivity index (χ2n) is 3.09. The summed E-state index contributed by atoms with van der Waals surface area (Å²) < 4.78 is 37.0. The van der Waals surface area contributed by atoms with Gasteiger partial charge in [-0.25, -0.2) is 0 Å². The quantitative estimate of drug-likeness (QED) is 0.368. The zero-order chi connectivity index (χ0) is 12.3. The summed E-state index contributed by atoms with van der Waals surface area (Å²) in [7, 11) is 0. The summed E-state index contributed by atoms with van der Waals surface area (Å²) in [5.74, 6) is -0.742. The van der Waals surface area contributed by atoms with Crippen LogP contribution in [0.3, 0.4) is 0 Å². The predicted molar refractivity (Wildman–Crippen MR) is 50.7 cm³/mol. The van der Waals surface area contributed by atoms with Crippen molar-refractivity contribution in [3.05, 3.63) is 35.4 Å². The Morgan fingerprint density at radius 3 is 2.50 bits per heavy atom. The van der Waals surface area contributed by atoms with Crippen LogP contribution >= 0.6 is 0 Å². The molecule has 0 aliphatic carbocycles. The van der Waals surface area contributed by atoms with E-state index in [2.05, 4.69) is 5.16 Å². The van der Waals surface area contributed by atoms with Crippen LogP contribution in [0.2, 0.25) is 0 Å². The van der Waals surface area contributed by atoms with Crippen molar-refractivity contribution < 1.29 is 23.2 Å². The van der Waals surface area contributed by atoms with Crippen LogP contribution in [-0.4, -0.2) is 16.7 Å². The van der Waals surface area contributed by atoms with Crippen LogP contribution in [0.25, 0.3) is 0 Å². The van der Waals surface area contributed by atoms with Crippen molar-refractivity contribution in [3.63, 3.8) is 0 Å². The van der Waals surface area contributed by atoms with Crippen molar-refractivity contribution in [2.75, 3.05) is 0 Å². The molecule has 0 aliphatic rings. The number of rotatable bonds is 2. The van der Waals surface area contributed by atoms with E-state index in [9.17, 15) is 18.0 Å². The Bertz CT molecular complexity index is 438. The van der Waals surface area contributed by atoms with Crippen LogP contribution in [0.4, 0.5) is 13.2 Å². The van der Waals surface area contributed by atoms with Gasteiger partial charge in [-0.2, -0.15) is 13.2 Å². The minimum atomic E-state index is -4.50. The lowest BCUT2D eigenvalue weighted by atomic mass is 10.0. The molecule has 0 aromatic heterocycles. The van der Waals surface area contributed by atoms with Crippen LogP contribution in [0.15, 0.2) is 29.4 Å². The maximum Gasteiger partial charge on any atom is 0.416 e. The topological polar surface area (TPSA) is 49.7 Å². The summed E-state index contributed by atoms with van der Waals surface area (Å²) in [6.45, 7) is 1.21. The van der Waals surface area contributed by atoms with Crippen LogP contribution in [0.1, 0.15) is 22.8 Å². The molecule has 0 radical (unpaired) electrons. The second-order valence-corrected chi connectivity index (χ2v) is 3.09. The molecule has 86 valence electrons. The molecule has 0 unspecified atom stereocenters. The van der Waals surface area contributed by atoms with Gasteiger partial charge in [-0.3, -0.25) is 4.79 Å². The molecule has 0 heterocycles. The first kappa shape index (κ1) is 12.2. The maximum atomic E-state index is 12.3. The smallest absolute Gasteiger partial charge is 0.411 e. The second kappa shape index (κ2) is 4.34. The van der Waals surface area contributed by atoms with E-state index in [1.54, 1.807) is 0 Å². The van der Waals surface area contributed by atoms with Crippen molar-refractivity contribution in [2.45, 2.75) is 13.1 Å². The van der Waals surface area contributed by atoms with Gasteiger partial charge in [0.25, 0.3) is 0 Å². The molecule has 16 heavy (non-hydrogen) atoms. The number of Topliss-reactive ketones (excluding diaryl/α,β-unsaturated/α-hetero) is 1. The van der Waals surface area contributed by atoms with E-state index >= 15 is 0 Å². The molecule has 0 aliphatic heterocycles. The van der Waals surface area contributed by atoms with E-state index in [0.717, 1.165) is 18.2 Å². The molecule has 3 nitrogen and oxygen atoms in total. The molecular formula is C10H8F3NO2. The fourth-order valence-electron chi connectivity index (χ4n) is 1.09. The molecule has 0 saturated heterocycles. The summed E-state index contributed by atoms with van der Waals surface area (Å²) in [5, 5.41) is 11.0. The lowest BCUT2D eigenvalue weighted by molar-refractivity contribution is -0.137. The molecule has 0 spiro atoms. The molecule has 0 fully saturated rings. The predicted octanol–water partition coefficient (Wildman–Crippen LogP) is 2.74. The van der Waals surface area contributed by atoms with Gasteiger partial charge in [0.2, 0.25) is 5.78 Å². The average Bonchev–Trinajstić information content (AvgIpc) is 2.26. The molecule has 0 amide bonds. The monoisotopic (exact) mass is 231 g/mol. The lowest BCUT2D eigenvalue weighted by Crippen LogP contribution is -2.12. The van der Waals surface area contributed by atoms with Gasteiger partial charge in [0, 0.05) is 5.56 Å². The third-order valence-corrected chi connectivity index (χ3v) is 1.93. The summed E-state index contributed by atoms with van der Waals surface area (Å²) in [4.78, 5) is 11.4. The number of hydrogen-bond donors (Lipinski definition) is 1. The minimum Gasteiger partial charge on any atom is -0.411 e. The zero-order valence-electron chi connectivity index (χ0n) is 8.25. The maximum absolute atomic E-state index is 12.3. The molecule has 1 aromatic rings. The molecule has 6 heteroatoms. The Morgan fingerprint density at radius 1 is 1.38 bits per heavy atom. The normalized spacial score (nSPS) is 12.6. The summed E-state index contributed by atoms with van der Waals surface area (Å²) in [6, 6.07) is 3.94. The van der Waals surface area contributed by atoms with Crippen LogP contribution in [0.5, 0.6) is 0 Å². The number of ketones is 1. The van der Waals surface area contributed by atoms with Gasteiger partial charge in [-0.1, -0.05) is 17.3 Å². The number of halogens is 3. The van der Waals surface area contributed by atoms with E-state index in [4.69, 9.17) is 5.21 Å². The number of carbonyl (C=O) groups excluding carboxylic acids is 1. The van der Waals surface area contributed by atoms with Crippen molar-refractivity contribution in [3.8, 4) is 0 Å². The number of oxime groups is 1. The average molecular weight is 231 g/mol. The highest BCUT2D eigenvalue weighted by molar-refractivity contribution is 6.45. The van der Waals surface area contributed by atoms with E-state index in [-0.39, 0.29) is 11.3 Å². The molecule has 1 aromatic carbocycles. The Labute approximate surface area is 89.2 Å². The standard InChI is InChI=1S/C10H8F3NO2/c1-6(14-16)9(15)7-3-2-4-8(5-7)10(11,12)13/h2-5,16H,1H3/b14-6+. The van der Waals surface area contributed by atoms with E-state index in [1.165, 1.54) is 13.0 Å². The number of nitrogens with zero attached hydrogens (tertiary/aromatic N) is 1. The third kappa shape index (κ3) is 2.59. The number of benzene rings is 1. The van der Waals surface area contributed by atoms with Gasteiger partial charge in [-0.05, 0) is 19.1 Å². The Kier molecular flexibility index (Phi) is 3.31. The van der Waals surface area contributed by atoms with Gasteiger partial charge in [0.1, 0.15) is 5.71 Å². The first-order valence-electron chi connectivity index (χ1n) is 4.27. The highest BCUT2D eigenvalue weighted by Crippen LogP contribution is 2.29. The van der Waals surface area contributed by atoms with Gasteiger partial charge in [0.05, 0.1) is 5.56 Å². The van der Waals surface area contributed by atoms with E-state index in [0.29, 0.717) is 0 Å². The van der Waals surface area contributed by atoms with Gasteiger partial charge < -0.3 is 5.21 Å². The number of alkyl halides is 3. The third-order valence-electron chi connectivity index (χ3n) is 1.93. The van der Waals surface area contributed by atoms with Gasteiger partial charge in [-0.15, -0.1) is 0 Å². The van der Waals surface area contributed by atoms with Crippen LogP contribution < -0.4 is 0 Å². The molecule has 1 rings (SSSR count). The first-order chi connectivity index (χ1) is 7.36. The highest BCUT2D eigenvalue weighted by atomic mass is 19.4. The fraction of sp³-hybridized carbons (Fsp3) is 0.200. The van der Waals surface area contributed by atoms with Crippen molar-refractivity contribution in [1.82, 2.24) is 0 Å². The molecule has 0 saturated carbocycles. The first-order valence-corrected chi connectivity index (χ1v) is 4.27. The van der Waals surface area contributed by atoms with E-state index < -0.39 is 17.5 Å². The van der Waals surface area contributed by atoms with Gasteiger partial charge in [0.15, 0.2) is 0 Å². The van der Waals surface area contributed by atoms with Crippen LogP contribution in [0, 0.1) is 0 Å². The number of carbonyl (C=O) groups is 1. The van der Waals surface area contributed by atoms with Crippen molar-refractivity contribution in [2.24, 2.45) is 5.16 Å². The Balaban J connectivity index is 3.14. The SMILES string of the molecule is C/C(=N\O)C(=O)c1cccc(C(F)(F)F)c1. The summed E-state index contributed by atoms with van der Waals surface area (Å²) in [5.41, 5.74) is -1.34. The Morgan fingerprint density at radius 2 is 2.00 bits per heavy atom. The Hall–Kier alpha value is -1.85. The molecule has 0 atom stereocenters. The largest absolute Gasteiger partial charge is 0.416 e. The zero-order valence-corrected chi connectivity index (χ0v) is 8.25.